The van der Waals surface area contributed by atoms with E-state index < -0.39 is 18.2 Å². The molecule has 0 aliphatic heterocycles. The maximum Gasteiger partial charge on any atom is 0.396 e. The van der Waals surface area contributed by atoms with Gasteiger partial charge in [-0.1, -0.05) is 52.7 Å². The summed E-state index contributed by atoms with van der Waals surface area (Å²) in [6.07, 6.45) is 1.14. The second-order valence-electron chi connectivity index (χ2n) is 6.97. The van der Waals surface area contributed by atoms with Gasteiger partial charge in [-0.05, 0) is 30.7 Å². The lowest BCUT2D eigenvalue weighted by Gasteiger charge is -2.24. The zero-order chi connectivity index (χ0) is 22.2. The third-order valence-corrected chi connectivity index (χ3v) is 5.55. The van der Waals surface area contributed by atoms with Crippen molar-refractivity contribution in [1.29, 1.82) is 0 Å². The Hall–Kier alpha value is -2.61. The van der Waals surface area contributed by atoms with Gasteiger partial charge in [0.2, 0.25) is 0 Å². The molecule has 2 unspecified atom stereocenters. The van der Waals surface area contributed by atoms with Crippen molar-refractivity contribution >= 4 is 28.8 Å². The first-order valence-electron chi connectivity index (χ1n) is 9.24. The van der Waals surface area contributed by atoms with Crippen LogP contribution in [0.1, 0.15) is 29.4 Å². The smallest absolute Gasteiger partial charge is 0.383 e. The van der Waals surface area contributed by atoms with Crippen molar-refractivity contribution in [3.05, 3.63) is 87.9 Å². The fourth-order valence-corrected chi connectivity index (χ4v) is 4.01. The van der Waals surface area contributed by atoms with Gasteiger partial charge in [0.15, 0.2) is 5.76 Å². The molecular formula is C22H15Cl2F3N2O2. The van der Waals surface area contributed by atoms with E-state index in [4.69, 9.17) is 27.7 Å². The molecule has 0 bridgehead atoms. The molecule has 3 aromatic rings. The van der Waals surface area contributed by atoms with E-state index in [0.29, 0.717) is 16.1 Å². The minimum Gasteiger partial charge on any atom is -0.383 e. The van der Waals surface area contributed by atoms with Gasteiger partial charge in [-0.3, -0.25) is 4.98 Å². The van der Waals surface area contributed by atoms with Gasteiger partial charge in [0.1, 0.15) is 11.8 Å². The van der Waals surface area contributed by atoms with Crippen LogP contribution in [0, 0.1) is 5.92 Å². The highest BCUT2D eigenvalue weighted by Gasteiger charge is 2.44. The lowest BCUT2D eigenvalue weighted by atomic mass is 9.85. The second-order valence-corrected chi connectivity index (χ2v) is 7.81. The van der Waals surface area contributed by atoms with E-state index in [-0.39, 0.29) is 34.0 Å². The Morgan fingerprint density at radius 1 is 1.19 bits per heavy atom. The van der Waals surface area contributed by atoms with E-state index in [0.717, 1.165) is 0 Å². The molecule has 1 aromatic carbocycles. The van der Waals surface area contributed by atoms with Crippen LogP contribution in [0.3, 0.4) is 0 Å². The summed E-state index contributed by atoms with van der Waals surface area (Å²) in [6, 6.07) is 7.84. The number of benzene rings is 1. The summed E-state index contributed by atoms with van der Waals surface area (Å²) in [5.74, 6) is -1.94. The monoisotopic (exact) mass is 466 g/mol. The Morgan fingerprint density at radius 2 is 2.00 bits per heavy atom. The molecule has 4 nitrogen and oxygen atoms in total. The number of aliphatic hydroxyl groups excluding tert-OH is 1. The molecule has 2 atom stereocenters. The number of hydrogen-bond donors (Lipinski definition) is 1. The van der Waals surface area contributed by atoms with Gasteiger partial charge in [0, 0.05) is 34.1 Å². The van der Waals surface area contributed by atoms with E-state index in [1.165, 1.54) is 36.7 Å². The van der Waals surface area contributed by atoms with Crippen LogP contribution < -0.4 is 0 Å². The van der Waals surface area contributed by atoms with Gasteiger partial charge in [0.05, 0.1) is 16.5 Å². The number of alkyl halides is 3. The molecule has 0 saturated carbocycles. The number of halogens is 5. The minimum atomic E-state index is -4.50. The van der Waals surface area contributed by atoms with Crippen molar-refractivity contribution in [2.45, 2.75) is 18.7 Å². The lowest BCUT2D eigenvalue weighted by Crippen LogP contribution is -2.25. The van der Waals surface area contributed by atoms with Crippen LogP contribution in [0.5, 0.6) is 0 Å². The van der Waals surface area contributed by atoms with Gasteiger partial charge >= 0.3 is 6.18 Å². The predicted molar refractivity (Wildman–Crippen MR) is 112 cm³/mol. The quantitative estimate of drug-likeness (QED) is 0.467. The summed E-state index contributed by atoms with van der Waals surface area (Å²) in [4.78, 5) is 3.98. The molecule has 31 heavy (non-hydrogen) atoms. The lowest BCUT2D eigenvalue weighted by molar-refractivity contribution is -0.157. The normalized spacial score (nSPS) is 17.5. The van der Waals surface area contributed by atoms with E-state index in [1.807, 2.05) is 0 Å². The van der Waals surface area contributed by atoms with E-state index in [1.54, 1.807) is 24.3 Å². The summed E-state index contributed by atoms with van der Waals surface area (Å²) in [6.45, 7) is 0. The minimum absolute atomic E-state index is 0.0769. The highest BCUT2D eigenvalue weighted by molar-refractivity contribution is 6.36. The molecule has 1 aliphatic carbocycles. The number of allylic oxidation sites excluding steroid dienone is 4. The van der Waals surface area contributed by atoms with Crippen molar-refractivity contribution < 1.29 is 22.8 Å². The Morgan fingerprint density at radius 3 is 2.68 bits per heavy atom. The fourth-order valence-electron chi connectivity index (χ4n) is 3.51. The van der Waals surface area contributed by atoms with Crippen LogP contribution in [0.2, 0.25) is 10.0 Å². The summed E-state index contributed by atoms with van der Waals surface area (Å²) in [5, 5.41) is 15.7. The topological polar surface area (TPSA) is 59.2 Å². The molecule has 0 saturated heterocycles. The average Bonchev–Trinajstić information content (AvgIpc) is 3.18. The standard InChI is InChI=1S/C22H15Cl2F3N2O2/c23-13-7-8-15(17(24)10-13)19-18(20(30)12-4-3-9-28-11-12)21(31-29-19)14-5-1-2-6-16(14)22(25,26)27/h1-5,7-11,16,20,30H,6H2. The first-order valence-corrected chi connectivity index (χ1v) is 9.99. The zero-order valence-corrected chi connectivity index (χ0v) is 17.3. The van der Waals surface area contributed by atoms with Crippen molar-refractivity contribution in [1.82, 2.24) is 10.1 Å². The zero-order valence-electron chi connectivity index (χ0n) is 15.8. The van der Waals surface area contributed by atoms with Crippen LogP contribution in [0.15, 0.2) is 65.5 Å². The molecule has 0 fully saturated rings. The largest absolute Gasteiger partial charge is 0.396 e. The summed E-state index contributed by atoms with van der Waals surface area (Å²) >= 11 is 12.3. The van der Waals surface area contributed by atoms with Crippen molar-refractivity contribution in [3.8, 4) is 11.3 Å². The number of aliphatic hydroxyl groups is 1. The van der Waals surface area contributed by atoms with Gasteiger partial charge in [-0.2, -0.15) is 13.2 Å². The Kier molecular flexibility index (Phi) is 5.92. The highest BCUT2D eigenvalue weighted by atomic mass is 35.5. The van der Waals surface area contributed by atoms with Crippen LogP contribution in [0.25, 0.3) is 16.8 Å². The Bertz CT molecular complexity index is 1160. The fraction of sp³-hybridized carbons (Fsp3) is 0.182. The van der Waals surface area contributed by atoms with Crippen molar-refractivity contribution in [2.24, 2.45) is 5.92 Å². The first-order chi connectivity index (χ1) is 14.8. The van der Waals surface area contributed by atoms with Gasteiger partial charge in [0.25, 0.3) is 0 Å². The second kappa shape index (κ2) is 8.49. The summed E-state index contributed by atoms with van der Waals surface area (Å²) in [5.41, 5.74) is 0.831. The van der Waals surface area contributed by atoms with Gasteiger partial charge in [-0.15, -0.1) is 0 Å². The molecule has 2 heterocycles. The first kappa shape index (κ1) is 21.6. The predicted octanol–water partition coefficient (Wildman–Crippen LogP) is 6.65. The summed E-state index contributed by atoms with van der Waals surface area (Å²) in [7, 11) is 0. The molecule has 0 amide bonds. The van der Waals surface area contributed by atoms with E-state index in [2.05, 4.69) is 10.1 Å². The number of aromatic nitrogens is 2. The van der Waals surface area contributed by atoms with Crippen molar-refractivity contribution in [3.63, 3.8) is 0 Å². The molecule has 2 aromatic heterocycles. The third-order valence-electron chi connectivity index (χ3n) is 5.00. The molecule has 160 valence electrons. The van der Waals surface area contributed by atoms with Crippen LogP contribution in [-0.2, 0) is 0 Å². The van der Waals surface area contributed by atoms with Gasteiger partial charge < -0.3 is 9.63 Å². The van der Waals surface area contributed by atoms with Gasteiger partial charge in [-0.25, -0.2) is 0 Å². The molecule has 1 N–H and O–H groups in total. The SMILES string of the molecule is OC(c1cccnc1)c1c(-c2ccc(Cl)cc2Cl)noc1C1=CC=CCC1C(F)(F)F. The van der Waals surface area contributed by atoms with Crippen LogP contribution in [-0.4, -0.2) is 21.4 Å². The highest BCUT2D eigenvalue weighted by Crippen LogP contribution is 2.46. The molecule has 0 radical (unpaired) electrons. The molecule has 4 rings (SSSR count). The maximum absolute atomic E-state index is 13.7. The summed E-state index contributed by atoms with van der Waals surface area (Å²) < 4.78 is 46.6. The van der Waals surface area contributed by atoms with E-state index in [9.17, 15) is 18.3 Å². The molecular weight excluding hydrogens is 452 g/mol. The number of nitrogens with zero attached hydrogens (tertiary/aromatic N) is 2. The molecule has 0 spiro atoms. The number of hydrogen-bond acceptors (Lipinski definition) is 4. The number of rotatable bonds is 4. The van der Waals surface area contributed by atoms with E-state index >= 15 is 0 Å². The molecule has 1 aliphatic rings. The number of pyridine rings is 1. The van der Waals surface area contributed by atoms with Crippen molar-refractivity contribution in [2.75, 3.05) is 0 Å². The average molecular weight is 467 g/mol. The molecule has 9 heteroatoms. The van der Waals surface area contributed by atoms with Crippen LogP contribution in [0.4, 0.5) is 13.2 Å². The van der Waals surface area contributed by atoms with Crippen LogP contribution >= 0.6 is 23.2 Å². The maximum atomic E-state index is 13.7. The third kappa shape index (κ3) is 4.26. The Labute approximate surface area is 185 Å². The Balaban J connectivity index is 1.93.